The fourth-order valence-corrected chi connectivity index (χ4v) is 3.69. The normalized spacial score (nSPS) is 14.0. The molecule has 3 atom stereocenters. The van der Waals surface area contributed by atoms with Crippen molar-refractivity contribution in [3.05, 3.63) is 66.1 Å². The Balaban J connectivity index is 1.62. The summed E-state index contributed by atoms with van der Waals surface area (Å²) in [6.45, 7) is 3.51. The Morgan fingerprint density at radius 2 is 1.83 bits per heavy atom. The maximum atomic E-state index is 12.6. The monoisotopic (exact) mass is 413 g/mol. The summed E-state index contributed by atoms with van der Waals surface area (Å²) in [5.74, 6) is 0.883. The van der Waals surface area contributed by atoms with Crippen LogP contribution in [0.4, 0.5) is 0 Å². The molecule has 3 rings (SSSR count). The SMILES string of the molecule is COc1ccccc1-c1noc(CS(=O)C(C)C(=O)NC(C)c2ccccc2)n1. The number of methoxy groups -OCH3 is 1. The summed E-state index contributed by atoms with van der Waals surface area (Å²) >= 11 is 0. The average molecular weight is 413 g/mol. The number of hydrogen-bond donors (Lipinski definition) is 1. The van der Waals surface area contributed by atoms with E-state index in [1.165, 1.54) is 0 Å². The van der Waals surface area contributed by atoms with Crippen LogP contribution in [0.1, 0.15) is 31.3 Å². The molecule has 1 amide bonds. The quantitative estimate of drug-likeness (QED) is 0.609. The largest absolute Gasteiger partial charge is 0.496 e. The number of ether oxygens (including phenoxy) is 1. The van der Waals surface area contributed by atoms with E-state index >= 15 is 0 Å². The molecule has 1 aromatic heterocycles. The second-order valence-corrected chi connectivity index (χ2v) is 8.28. The first-order valence-electron chi connectivity index (χ1n) is 9.18. The number of rotatable bonds is 8. The number of nitrogens with one attached hydrogen (secondary N) is 1. The van der Waals surface area contributed by atoms with Crippen molar-refractivity contribution in [2.75, 3.05) is 7.11 Å². The minimum Gasteiger partial charge on any atom is -0.496 e. The first kappa shape index (κ1) is 20.7. The first-order valence-corrected chi connectivity index (χ1v) is 10.6. The van der Waals surface area contributed by atoms with Crippen LogP contribution >= 0.6 is 0 Å². The van der Waals surface area contributed by atoms with E-state index in [0.717, 1.165) is 5.56 Å². The summed E-state index contributed by atoms with van der Waals surface area (Å²) in [6.07, 6.45) is 0. The second kappa shape index (κ2) is 9.47. The Hall–Kier alpha value is -3.00. The maximum absolute atomic E-state index is 12.6. The third-order valence-electron chi connectivity index (χ3n) is 4.50. The van der Waals surface area contributed by atoms with Crippen LogP contribution in [-0.4, -0.2) is 32.6 Å². The maximum Gasteiger partial charge on any atom is 0.239 e. The molecule has 0 radical (unpaired) electrons. The zero-order valence-electron chi connectivity index (χ0n) is 16.5. The van der Waals surface area contributed by atoms with E-state index in [1.807, 2.05) is 55.5 Å². The predicted molar refractivity (Wildman–Crippen MR) is 111 cm³/mol. The Labute approximate surface area is 171 Å². The summed E-state index contributed by atoms with van der Waals surface area (Å²) in [5.41, 5.74) is 1.66. The molecule has 0 aliphatic heterocycles. The van der Waals surface area contributed by atoms with Crippen molar-refractivity contribution in [3.63, 3.8) is 0 Å². The molecule has 0 saturated heterocycles. The van der Waals surface area contributed by atoms with Gasteiger partial charge >= 0.3 is 0 Å². The van der Waals surface area contributed by atoms with Crippen LogP contribution < -0.4 is 10.1 Å². The zero-order chi connectivity index (χ0) is 20.8. The Morgan fingerprint density at radius 1 is 1.14 bits per heavy atom. The number of para-hydroxylation sites is 1. The van der Waals surface area contributed by atoms with Crippen LogP contribution in [0.25, 0.3) is 11.4 Å². The van der Waals surface area contributed by atoms with Gasteiger partial charge in [-0.2, -0.15) is 4.98 Å². The van der Waals surface area contributed by atoms with E-state index in [-0.39, 0.29) is 23.6 Å². The number of amides is 1. The number of benzene rings is 2. The van der Waals surface area contributed by atoms with E-state index < -0.39 is 16.0 Å². The highest BCUT2D eigenvalue weighted by molar-refractivity contribution is 7.85. The molecule has 0 aliphatic rings. The minimum absolute atomic E-state index is 0.00352. The molecular weight excluding hydrogens is 390 g/mol. The number of carbonyl (C=O) groups is 1. The number of nitrogens with zero attached hydrogens (tertiary/aromatic N) is 2. The highest BCUT2D eigenvalue weighted by Gasteiger charge is 2.24. The molecule has 1 heterocycles. The van der Waals surface area contributed by atoms with E-state index in [0.29, 0.717) is 17.1 Å². The minimum atomic E-state index is -1.51. The van der Waals surface area contributed by atoms with Crippen LogP contribution in [0.3, 0.4) is 0 Å². The van der Waals surface area contributed by atoms with Gasteiger partial charge < -0.3 is 14.6 Å². The van der Waals surface area contributed by atoms with Gasteiger partial charge in [-0.3, -0.25) is 9.00 Å². The molecule has 29 heavy (non-hydrogen) atoms. The van der Waals surface area contributed by atoms with Crippen molar-refractivity contribution < 1.29 is 18.3 Å². The third kappa shape index (κ3) is 5.08. The van der Waals surface area contributed by atoms with E-state index in [1.54, 1.807) is 20.1 Å². The van der Waals surface area contributed by atoms with Crippen molar-refractivity contribution in [1.29, 1.82) is 0 Å². The van der Waals surface area contributed by atoms with Gasteiger partial charge in [0.05, 0.1) is 18.7 Å². The van der Waals surface area contributed by atoms with Crippen LogP contribution in [0.5, 0.6) is 5.75 Å². The molecule has 0 bridgehead atoms. The van der Waals surface area contributed by atoms with Gasteiger partial charge in [0.2, 0.25) is 17.6 Å². The standard InChI is InChI=1S/C21H23N3O4S/c1-14(16-9-5-4-6-10-16)22-21(25)15(2)29(26)13-19-23-20(24-28-19)17-11-7-8-12-18(17)27-3/h4-12,14-15H,13H2,1-3H3,(H,22,25). The Kier molecular flexibility index (Phi) is 6.77. The number of carbonyl (C=O) groups excluding carboxylic acids is 1. The van der Waals surface area contributed by atoms with E-state index in [4.69, 9.17) is 9.26 Å². The molecular formula is C21H23N3O4S. The fraction of sp³-hybridized carbons (Fsp3) is 0.286. The van der Waals surface area contributed by atoms with Gasteiger partial charge in [0.25, 0.3) is 0 Å². The van der Waals surface area contributed by atoms with Crippen molar-refractivity contribution >= 4 is 16.7 Å². The van der Waals surface area contributed by atoms with Crippen LogP contribution in [-0.2, 0) is 21.3 Å². The fourth-order valence-electron chi connectivity index (χ4n) is 2.77. The molecule has 0 fully saturated rings. The molecule has 152 valence electrons. The lowest BCUT2D eigenvalue weighted by molar-refractivity contribution is -0.121. The van der Waals surface area contributed by atoms with Crippen molar-refractivity contribution in [2.24, 2.45) is 0 Å². The summed E-state index contributed by atoms with van der Waals surface area (Å²) in [7, 11) is 0.0527. The molecule has 0 aliphatic carbocycles. The molecule has 2 aromatic carbocycles. The van der Waals surface area contributed by atoms with Crippen LogP contribution in [0.2, 0.25) is 0 Å². The van der Waals surface area contributed by atoms with Crippen molar-refractivity contribution in [2.45, 2.75) is 30.9 Å². The van der Waals surface area contributed by atoms with E-state index in [2.05, 4.69) is 15.5 Å². The summed E-state index contributed by atoms with van der Waals surface area (Å²) in [5, 5.41) is 6.11. The number of hydrogen-bond acceptors (Lipinski definition) is 6. The number of aromatic nitrogens is 2. The van der Waals surface area contributed by atoms with Crippen LogP contribution in [0, 0.1) is 0 Å². The summed E-state index contributed by atoms with van der Waals surface area (Å²) < 4.78 is 23.2. The Bertz CT molecular complexity index is 990. The average Bonchev–Trinajstić information content (AvgIpc) is 3.21. The van der Waals surface area contributed by atoms with Gasteiger partial charge in [-0.25, -0.2) is 0 Å². The first-order chi connectivity index (χ1) is 14.0. The lowest BCUT2D eigenvalue weighted by Crippen LogP contribution is -2.37. The van der Waals surface area contributed by atoms with Gasteiger partial charge in [0.15, 0.2) is 0 Å². The third-order valence-corrected chi connectivity index (χ3v) is 6.04. The lowest BCUT2D eigenvalue weighted by Gasteiger charge is -2.17. The molecule has 3 unspecified atom stereocenters. The van der Waals surface area contributed by atoms with E-state index in [9.17, 15) is 9.00 Å². The topological polar surface area (TPSA) is 94.3 Å². The Morgan fingerprint density at radius 3 is 2.55 bits per heavy atom. The highest BCUT2D eigenvalue weighted by atomic mass is 32.2. The van der Waals surface area contributed by atoms with Gasteiger partial charge in [0.1, 0.15) is 16.8 Å². The highest BCUT2D eigenvalue weighted by Crippen LogP contribution is 2.27. The zero-order valence-corrected chi connectivity index (χ0v) is 17.3. The smallest absolute Gasteiger partial charge is 0.239 e. The van der Waals surface area contributed by atoms with Gasteiger partial charge in [0, 0.05) is 10.8 Å². The molecule has 1 N–H and O–H groups in total. The molecule has 7 nitrogen and oxygen atoms in total. The molecule has 3 aromatic rings. The molecule has 8 heteroatoms. The second-order valence-electron chi connectivity index (χ2n) is 6.52. The van der Waals surface area contributed by atoms with Gasteiger partial charge in [-0.1, -0.05) is 47.6 Å². The molecule has 0 spiro atoms. The van der Waals surface area contributed by atoms with Crippen LogP contribution in [0.15, 0.2) is 59.1 Å². The van der Waals surface area contributed by atoms with Crippen molar-refractivity contribution in [1.82, 2.24) is 15.5 Å². The summed E-state index contributed by atoms with van der Waals surface area (Å²) in [4.78, 5) is 16.8. The molecule has 0 saturated carbocycles. The van der Waals surface area contributed by atoms with Gasteiger partial charge in [-0.15, -0.1) is 0 Å². The predicted octanol–water partition coefficient (Wildman–Crippen LogP) is 3.26. The summed E-state index contributed by atoms with van der Waals surface area (Å²) in [6, 6.07) is 16.7. The van der Waals surface area contributed by atoms with Gasteiger partial charge in [-0.05, 0) is 31.5 Å². The lowest BCUT2D eigenvalue weighted by atomic mass is 10.1. The van der Waals surface area contributed by atoms with Crippen molar-refractivity contribution in [3.8, 4) is 17.1 Å².